The van der Waals surface area contributed by atoms with E-state index in [-0.39, 0.29) is 30.9 Å². The first-order chi connectivity index (χ1) is 9.15. The molecule has 0 saturated carbocycles. The Morgan fingerprint density at radius 3 is 2.84 bits per heavy atom. The molecule has 102 valence electrons. The van der Waals surface area contributed by atoms with Crippen molar-refractivity contribution in [3.05, 3.63) is 11.7 Å². The number of amides is 1. The predicted octanol–water partition coefficient (Wildman–Crippen LogP) is -0.349. The third-order valence-corrected chi connectivity index (χ3v) is 3.51. The van der Waals surface area contributed by atoms with Gasteiger partial charge in [0.2, 0.25) is 5.89 Å². The highest BCUT2D eigenvalue weighted by Crippen LogP contribution is 2.22. The molecule has 0 aromatic carbocycles. The van der Waals surface area contributed by atoms with Crippen LogP contribution in [0, 0.1) is 5.92 Å². The van der Waals surface area contributed by atoms with Crippen molar-refractivity contribution < 1.29 is 19.2 Å². The third-order valence-electron chi connectivity index (χ3n) is 3.51. The first-order valence-electron chi connectivity index (χ1n) is 6.24. The quantitative estimate of drug-likeness (QED) is 0.769. The van der Waals surface area contributed by atoms with Crippen LogP contribution in [-0.4, -0.2) is 51.7 Å². The number of carboxylic acid groups (broad SMARTS) is 1. The van der Waals surface area contributed by atoms with Crippen molar-refractivity contribution in [1.29, 1.82) is 0 Å². The van der Waals surface area contributed by atoms with E-state index in [1.807, 2.05) is 0 Å². The van der Waals surface area contributed by atoms with Gasteiger partial charge >= 0.3 is 5.97 Å². The number of nitrogens with one attached hydrogen (secondary N) is 1. The molecule has 1 atom stereocenters. The molecule has 2 aliphatic heterocycles. The van der Waals surface area contributed by atoms with Gasteiger partial charge in [-0.05, 0) is 19.4 Å². The number of carboxylic acids is 1. The van der Waals surface area contributed by atoms with Gasteiger partial charge in [0.1, 0.15) is 0 Å². The lowest BCUT2D eigenvalue weighted by molar-refractivity contribution is -0.146. The average Bonchev–Trinajstić information content (AvgIpc) is 2.97. The van der Waals surface area contributed by atoms with Gasteiger partial charge in [-0.3, -0.25) is 9.59 Å². The molecule has 3 rings (SSSR count). The van der Waals surface area contributed by atoms with Gasteiger partial charge in [-0.2, -0.15) is 4.98 Å². The van der Waals surface area contributed by atoms with Crippen molar-refractivity contribution in [2.75, 3.05) is 19.6 Å². The smallest absolute Gasteiger partial charge is 0.310 e. The standard InChI is InChI=1S/C11H14N4O4/c16-10(15-4-6(5-15)11(17)18)8-13-9(19-14-8)7-2-1-3-12-7/h6-7,12H,1-5H2,(H,17,18). The van der Waals surface area contributed by atoms with Crippen molar-refractivity contribution in [1.82, 2.24) is 20.4 Å². The van der Waals surface area contributed by atoms with Gasteiger partial charge in [0, 0.05) is 13.1 Å². The van der Waals surface area contributed by atoms with Gasteiger partial charge in [-0.15, -0.1) is 0 Å². The number of carbonyl (C=O) groups is 2. The maximum Gasteiger partial charge on any atom is 0.310 e. The Morgan fingerprint density at radius 1 is 1.42 bits per heavy atom. The van der Waals surface area contributed by atoms with E-state index in [0.29, 0.717) is 5.89 Å². The number of aromatic nitrogens is 2. The molecule has 0 radical (unpaired) electrons. The summed E-state index contributed by atoms with van der Waals surface area (Å²) in [6.07, 6.45) is 1.96. The minimum absolute atomic E-state index is 0.00698. The monoisotopic (exact) mass is 266 g/mol. The van der Waals surface area contributed by atoms with E-state index in [1.54, 1.807) is 0 Å². The summed E-state index contributed by atoms with van der Waals surface area (Å²) in [5, 5.41) is 15.6. The Hall–Kier alpha value is -1.96. The molecule has 0 bridgehead atoms. The SMILES string of the molecule is O=C(O)C1CN(C(=O)c2noc(C3CCCN3)n2)C1. The molecule has 2 fully saturated rings. The van der Waals surface area contributed by atoms with Crippen LogP contribution in [0.4, 0.5) is 0 Å². The number of hydrogen-bond acceptors (Lipinski definition) is 6. The molecule has 19 heavy (non-hydrogen) atoms. The maximum absolute atomic E-state index is 12.0. The summed E-state index contributed by atoms with van der Waals surface area (Å²) in [7, 11) is 0. The van der Waals surface area contributed by atoms with Crippen LogP contribution in [0.15, 0.2) is 4.52 Å². The van der Waals surface area contributed by atoms with Gasteiger partial charge < -0.3 is 19.8 Å². The zero-order valence-electron chi connectivity index (χ0n) is 10.2. The summed E-state index contributed by atoms with van der Waals surface area (Å²) in [5.74, 6) is -1.30. The van der Waals surface area contributed by atoms with E-state index in [4.69, 9.17) is 9.63 Å². The number of carbonyl (C=O) groups excluding carboxylic acids is 1. The van der Waals surface area contributed by atoms with Gasteiger partial charge in [0.25, 0.3) is 11.7 Å². The Morgan fingerprint density at radius 2 is 2.21 bits per heavy atom. The highest BCUT2D eigenvalue weighted by molar-refractivity contribution is 5.92. The number of nitrogens with zero attached hydrogens (tertiary/aromatic N) is 3. The molecule has 1 unspecified atom stereocenters. The molecular weight excluding hydrogens is 252 g/mol. The van der Waals surface area contributed by atoms with Crippen LogP contribution >= 0.6 is 0 Å². The molecule has 8 nitrogen and oxygen atoms in total. The molecule has 2 N–H and O–H groups in total. The van der Waals surface area contributed by atoms with Crippen LogP contribution in [0.25, 0.3) is 0 Å². The summed E-state index contributed by atoms with van der Waals surface area (Å²) in [5.41, 5.74) is 0. The Bertz CT molecular complexity index is 503. The number of hydrogen-bond donors (Lipinski definition) is 2. The minimum atomic E-state index is -0.881. The van der Waals surface area contributed by atoms with Gasteiger partial charge in [0.05, 0.1) is 12.0 Å². The zero-order valence-corrected chi connectivity index (χ0v) is 10.2. The molecule has 2 saturated heterocycles. The summed E-state index contributed by atoms with van der Waals surface area (Å²) in [6, 6.07) is 0.0252. The fourth-order valence-electron chi connectivity index (χ4n) is 2.30. The van der Waals surface area contributed by atoms with Gasteiger partial charge in [-0.1, -0.05) is 5.16 Å². The van der Waals surface area contributed by atoms with Crippen LogP contribution in [0.1, 0.15) is 35.4 Å². The molecule has 1 amide bonds. The molecule has 1 aromatic rings. The summed E-state index contributed by atoms with van der Waals surface area (Å²) in [4.78, 5) is 28.1. The zero-order chi connectivity index (χ0) is 13.4. The van der Waals surface area contributed by atoms with Crippen molar-refractivity contribution in [2.24, 2.45) is 5.92 Å². The maximum atomic E-state index is 12.0. The first kappa shape index (κ1) is 12.1. The lowest BCUT2D eigenvalue weighted by Gasteiger charge is -2.35. The number of rotatable bonds is 3. The Labute approximate surface area is 108 Å². The van der Waals surface area contributed by atoms with E-state index in [0.717, 1.165) is 19.4 Å². The summed E-state index contributed by atoms with van der Waals surface area (Å²) < 4.78 is 5.08. The molecule has 8 heteroatoms. The second-order valence-corrected chi connectivity index (χ2v) is 4.85. The highest BCUT2D eigenvalue weighted by atomic mass is 16.5. The highest BCUT2D eigenvalue weighted by Gasteiger charge is 2.38. The fourth-order valence-corrected chi connectivity index (χ4v) is 2.30. The molecule has 0 spiro atoms. The summed E-state index contributed by atoms with van der Waals surface area (Å²) in [6.45, 7) is 1.32. The van der Waals surface area contributed by atoms with Crippen LogP contribution < -0.4 is 5.32 Å². The normalized spacial score (nSPS) is 23.4. The van der Waals surface area contributed by atoms with Gasteiger partial charge in [0.15, 0.2) is 0 Å². The second-order valence-electron chi connectivity index (χ2n) is 4.85. The van der Waals surface area contributed by atoms with Crippen molar-refractivity contribution in [2.45, 2.75) is 18.9 Å². The third kappa shape index (κ3) is 2.19. The number of aliphatic carboxylic acids is 1. The Balaban J connectivity index is 1.63. The molecule has 2 aliphatic rings. The van der Waals surface area contributed by atoms with E-state index < -0.39 is 11.9 Å². The van der Waals surface area contributed by atoms with E-state index in [2.05, 4.69) is 15.5 Å². The Kier molecular flexibility index (Phi) is 2.94. The van der Waals surface area contributed by atoms with Crippen LogP contribution in [0.2, 0.25) is 0 Å². The predicted molar refractivity (Wildman–Crippen MR) is 61.3 cm³/mol. The average molecular weight is 266 g/mol. The van der Waals surface area contributed by atoms with E-state index in [9.17, 15) is 9.59 Å². The first-order valence-corrected chi connectivity index (χ1v) is 6.24. The topological polar surface area (TPSA) is 109 Å². The fraction of sp³-hybridized carbons (Fsp3) is 0.636. The van der Waals surface area contributed by atoms with Crippen molar-refractivity contribution >= 4 is 11.9 Å². The van der Waals surface area contributed by atoms with Crippen molar-refractivity contribution in [3.63, 3.8) is 0 Å². The minimum Gasteiger partial charge on any atom is -0.481 e. The van der Waals surface area contributed by atoms with Crippen LogP contribution in [-0.2, 0) is 4.79 Å². The molecule has 3 heterocycles. The lowest BCUT2D eigenvalue weighted by atomic mass is 10.0. The summed E-state index contributed by atoms with van der Waals surface area (Å²) >= 11 is 0. The molecular formula is C11H14N4O4. The van der Waals surface area contributed by atoms with Crippen LogP contribution in [0.3, 0.4) is 0 Å². The largest absolute Gasteiger partial charge is 0.481 e. The number of likely N-dealkylation sites (tertiary alicyclic amines) is 1. The molecule has 1 aromatic heterocycles. The second kappa shape index (κ2) is 4.61. The van der Waals surface area contributed by atoms with E-state index in [1.165, 1.54) is 4.90 Å². The van der Waals surface area contributed by atoms with Crippen molar-refractivity contribution in [3.8, 4) is 0 Å². The molecule has 0 aliphatic carbocycles. The lowest BCUT2D eigenvalue weighted by Crippen LogP contribution is -2.53. The van der Waals surface area contributed by atoms with Gasteiger partial charge in [-0.25, -0.2) is 0 Å². The van der Waals surface area contributed by atoms with E-state index >= 15 is 0 Å². The van der Waals surface area contributed by atoms with Crippen LogP contribution in [0.5, 0.6) is 0 Å².